The molecule has 1 aromatic heterocycles. The van der Waals surface area contributed by atoms with Crippen molar-refractivity contribution in [2.75, 3.05) is 19.8 Å². The van der Waals surface area contributed by atoms with E-state index in [-0.39, 0.29) is 12.5 Å². The van der Waals surface area contributed by atoms with Gasteiger partial charge in [0.15, 0.2) is 5.82 Å². The van der Waals surface area contributed by atoms with Crippen LogP contribution in [-0.4, -0.2) is 39.7 Å². The van der Waals surface area contributed by atoms with E-state index in [4.69, 9.17) is 21.4 Å². The first-order chi connectivity index (χ1) is 9.78. The summed E-state index contributed by atoms with van der Waals surface area (Å²) in [6.45, 7) is 1.92. The summed E-state index contributed by atoms with van der Waals surface area (Å²) < 4.78 is 7.20. The summed E-state index contributed by atoms with van der Waals surface area (Å²) in [4.78, 5) is 4.63. The molecular weight excluding hydrogens is 278 g/mol. The van der Waals surface area contributed by atoms with Crippen molar-refractivity contribution in [2.45, 2.75) is 18.9 Å². The molecule has 0 saturated carbocycles. The first-order valence-electron chi connectivity index (χ1n) is 6.67. The van der Waals surface area contributed by atoms with Gasteiger partial charge in [0.2, 0.25) is 0 Å². The number of nitrogens with zero attached hydrogens (tertiary/aromatic N) is 3. The SMILES string of the molecule is OCCn1nc(-c2ccc(Cl)cc2)nc1C1CCOC1. The van der Waals surface area contributed by atoms with Crippen LogP contribution in [-0.2, 0) is 11.3 Å². The fourth-order valence-corrected chi connectivity index (χ4v) is 2.50. The van der Waals surface area contributed by atoms with Gasteiger partial charge in [0, 0.05) is 23.1 Å². The minimum atomic E-state index is 0.0456. The molecule has 1 aromatic carbocycles. The quantitative estimate of drug-likeness (QED) is 0.938. The molecule has 6 heteroatoms. The van der Waals surface area contributed by atoms with Gasteiger partial charge in [-0.1, -0.05) is 11.6 Å². The highest BCUT2D eigenvalue weighted by Crippen LogP contribution is 2.26. The molecule has 0 aliphatic carbocycles. The Hall–Kier alpha value is -1.43. The summed E-state index contributed by atoms with van der Waals surface area (Å²) >= 11 is 5.89. The Morgan fingerprint density at radius 3 is 2.80 bits per heavy atom. The zero-order chi connectivity index (χ0) is 13.9. The average molecular weight is 294 g/mol. The molecule has 2 heterocycles. The van der Waals surface area contributed by atoms with Crippen molar-refractivity contribution in [2.24, 2.45) is 0 Å². The van der Waals surface area contributed by atoms with Crippen molar-refractivity contribution in [1.82, 2.24) is 14.8 Å². The predicted molar refractivity (Wildman–Crippen MR) is 75.7 cm³/mol. The minimum absolute atomic E-state index is 0.0456. The number of hydrogen-bond donors (Lipinski definition) is 1. The lowest BCUT2D eigenvalue weighted by atomic mass is 10.1. The van der Waals surface area contributed by atoms with Crippen molar-refractivity contribution in [1.29, 1.82) is 0 Å². The Morgan fingerprint density at radius 1 is 1.35 bits per heavy atom. The lowest BCUT2D eigenvalue weighted by molar-refractivity contribution is 0.192. The highest BCUT2D eigenvalue weighted by atomic mass is 35.5. The Balaban J connectivity index is 1.95. The molecule has 1 N–H and O–H groups in total. The molecule has 2 aromatic rings. The van der Waals surface area contributed by atoms with Gasteiger partial charge < -0.3 is 9.84 Å². The fraction of sp³-hybridized carbons (Fsp3) is 0.429. The van der Waals surface area contributed by atoms with Gasteiger partial charge in [-0.25, -0.2) is 9.67 Å². The molecule has 0 radical (unpaired) electrons. The molecule has 5 nitrogen and oxygen atoms in total. The van der Waals surface area contributed by atoms with E-state index in [1.54, 1.807) is 4.68 Å². The summed E-state index contributed by atoms with van der Waals surface area (Å²) in [5.41, 5.74) is 0.922. The number of aromatic nitrogens is 3. The number of aliphatic hydroxyl groups excluding tert-OH is 1. The van der Waals surface area contributed by atoms with E-state index < -0.39 is 0 Å². The van der Waals surface area contributed by atoms with Crippen LogP contribution >= 0.6 is 11.6 Å². The Morgan fingerprint density at radius 2 is 2.15 bits per heavy atom. The molecule has 1 fully saturated rings. The van der Waals surface area contributed by atoms with Gasteiger partial charge in [0.05, 0.1) is 19.8 Å². The summed E-state index contributed by atoms with van der Waals surface area (Å²) in [7, 11) is 0. The zero-order valence-electron chi connectivity index (χ0n) is 11.0. The maximum atomic E-state index is 9.17. The van der Waals surface area contributed by atoms with Gasteiger partial charge in [0.1, 0.15) is 5.82 Å². The first kappa shape index (κ1) is 13.5. The third-order valence-electron chi connectivity index (χ3n) is 3.41. The van der Waals surface area contributed by atoms with E-state index in [0.717, 1.165) is 24.4 Å². The van der Waals surface area contributed by atoms with Gasteiger partial charge >= 0.3 is 0 Å². The molecule has 0 bridgehead atoms. The van der Waals surface area contributed by atoms with Crippen molar-refractivity contribution in [3.8, 4) is 11.4 Å². The lowest BCUT2D eigenvalue weighted by Gasteiger charge is -2.07. The van der Waals surface area contributed by atoms with Crippen LogP contribution in [0.4, 0.5) is 0 Å². The maximum Gasteiger partial charge on any atom is 0.181 e. The van der Waals surface area contributed by atoms with Crippen LogP contribution in [0.3, 0.4) is 0 Å². The zero-order valence-corrected chi connectivity index (χ0v) is 11.8. The molecular formula is C14H16ClN3O2. The molecule has 1 saturated heterocycles. The fourth-order valence-electron chi connectivity index (χ4n) is 2.37. The number of halogens is 1. The minimum Gasteiger partial charge on any atom is -0.394 e. The van der Waals surface area contributed by atoms with Crippen LogP contribution in [0.1, 0.15) is 18.2 Å². The molecule has 1 aliphatic rings. The number of benzene rings is 1. The third-order valence-corrected chi connectivity index (χ3v) is 3.66. The summed E-state index contributed by atoms with van der Waals surface area (Å²) in [6.07, 6.45) is 0.949. The highest BCUT2D eigenvalue weighted by molar-refractivity contribution is 6.30. The first-order valence-corrected chi connectivity index (χ1v) is 7.05. The van der Waals surface area contributed by atoms with Crippen LogP contribution < -0.4 is 0 Å². The monoisotopic (exact) mass is 293 g/mol. The van der Waals surface area contributed by atoms with E-state index in [9.17, 15) is 0 Å². The maximum absolute atomic E-state index is 9.17. The van der Waals surface area contributed by atoms with Gasteiger partial charge in [-0.3, -0.25) is 0 Å². The van der Waals surface area contributed by atoms with Crippen LogP contribution in [0.5, 0.6) is 0 Å². The summed E-state index contributed by atoms with van der Waals surface area (Å²) in [6, 6.07) is 7.44. The van der Waals surface area contributed by atoms with Crippen LogP contribution in [0.25, 0.3) is 11.4 Å². The topological polar surface area (TPSA) is 60.2 Å². The normalized spacial score (nSPS) is 18.6. The van der Waals surface area contributed by atoms with Crippen LogP contribution in [0.15, 0.2) is 24.3 Å². The second-order valence-corrected chi connectivity index (χ2v) is 5.24. The molecule has 1 aliphatic heterocycles. The number of hydrogen-bond acceptors (Lipinski definition) is 4. The van der Waals surface area contributed by atoms with Gasteiger partial charge in [0.25, 0.3) is 0 Å². The van der Waals surface area contributed by atoms with E-state index in [1.165, 1.54) is 0 Å². The van der Waals surface area contributed by atoms with Gasteiger partial charge in [-0.15, -0.1) is 0 Å². The lowest BCUT2D eigenvalue weighted by Crippen LogP contribution is -2.12. The summed E-state index contributed by atoms with van der Waals surface area (Å²) in [5, 5.41) is 14.3. The number of rotatable bonds is 4. The molecule has 0 spiro atoms. The van der Waals surface area contributed by atoms with Crippen molar-refractivity contribution in [3.05, 3.63) is 35.1 Å². The molecule has 0 amide bonds. The van der Waals surface area contributed by atoms with Crippen LogP contribution in [0, 0.1) is 0 Å². The van der Waals surface area contributed by atoms with Gasteiger partial charge in [-0.2, -0.15) is 5.10 Å². The van der Waals surface area contributed by atoms with E-state index in [0.29, 0.717) is 24.0 Å². The summed E-state index contributed by atoms with van der Waals surface area (Å²) in [5.74, 6) is 1.81. The molecule has 106 valence electrons. The second kappa shape index (κ2) is 5.91. The molecule has 1 unspecified atom stereocenters. The van der Waals surface area contributed by atoms with E-state index in [1.807, 2.05) is 24.3 Å². The Kier molecular flexibility index (Phi) is 4.00. The van der Waals surface area contributed by atoms with Crippen molar-refractivity contribution >= 4 is 11.6 Å². The largest absolute Gasteiger partial charge is 0.394 e. The molecule has 3 rings (SSSR count). The highest BCUT2D eigenvalue weighted by Gasteiger charge is 2.24. The smallest absolute Gasteiger partial charge is 0.181 e. The van der Waals surface area contributed by atoms with Crippen LogP contribution in [0.2, 0.25) is 5.02 Å². The van der Waals surface area contributed by atoms with Crippen molar-refractivity contribution < 1.29 is 9.84 Å². The third kappa shape index (κ3) is 2.70. The molecule has 1 atom stereocenters. The van der Waals surface area contributed by atoms with E-state index >= 15 is 0 Å². The molecule has 20 heavy (non-hydrogen) atoms. The predicted octanol–water partition coefficient (Wildman–Crippen LogP) is 2.09. The number of aliphatic hydroxyl groups is 1. The average Bonchev–Trinajstić information content (AvgIpc) is 3.09. The van der Waals surface area contributed by atoms with Gasteiger partial charge in [-0.05, 0) is 30.7 Å². The second-order valence-electron chi connectivity index (χ2n) is 4.81. The Labute approximate surface area is 122 Å². The number of ether oxygens (including phenoxy) is 1. The van der Waals surface area contributed by atoms with E-state index in [2.05, 4.69) is 10.1 Å². The standard InChI is InChI=1S/C14H16ClN3O2/c15-12-3-1-10(2-4-12)13-16-14(11-5-8-20-9-11)18(17-13)6-7-19/h1-4,11,19H,5-9H2. The van der Waals surface area contributed by atoms with Crippen molar-refractivity contribution in [3.63, 3.8) is 0 Å². The Bertz CT molecular complexity index is 577.